The van der Waals surface area contributed by atoms with Crippen LogP contribution in [0.2, 0.25) is 10.0 Å². The molecule has 1 aromatic rings. The summed E-state index contributed by atoms with van der Waals surface area (Å²) in [6.45, 7) is 3.66. The highest BCUT2D eigenvalue weighted by Crippen LogP contribution is 2.36. The van der Waals surface area contributed by atoms with Crippen molar-refractivity contribution in [2.45, 2.75) is 18.8 Å². The maximum absolute atomic E-state index is 11.9. The Labute approximate surface area is 121 Å². The molecular formula is C14H13Cl2NO2. The third kappa shape index (κ3) is 2.99. The maximum Gasteiger partial charge on any atom is 0.230 e. The average molecular weight is 298 g/mol. The molecule has 0 saturated carbocycles. The summed E-state index contributed by atoms with van der Waals surface area (Å²) in [5.41, 5.74) is 0.851. The van der Waals surface area contributed by atoms with Crippen molar-refractivity contribution in [3.63, 3.8) is 0 Å². The second kappa shape index (κ2) is 5.76. The first kappa shape index (κ1) is 14.1. The van der Waals surface area contributed by atoms with Crippen molar-refractivity contribution in [1.82, 2.24) is 5.32 Å². The van der Waals surface area contributed by atoms with Crippen LogP contribution in [0.25, 0.3) is 0 Å². The van der Waals surface area contributed by atoms with Gasteiger partial charge in [0.1, 0.15) is 0 Å². The number of piperidine rings is 1. The van der Waals surface area contributed by atoms with Gasteiger partial charge in [0.05, 0.1) is 10.0 Å². The summed E-state index contributed by atoms with van der Waals surface area (Å²) in [5.74, 6) is -1.00. The fraction of sp³-hybridized carbons (Fsp3) is 0.286. The van der Waals surface area contributed by atoms with Crippen LogP contribution in [0.5, 0.6) is 0 Å². The summed E-state index contributed by atoms with van der Waals surface area (Å²) in [5, 5.41) is 3.24. The number of nitrogens with one attached hydrogen (secondary N) is 1. The first-order chi connectivity index (χ1) is 9.02. The van der Waals surface area contributed by atoms with Gasteiger partial charge in [0.2, 0.25) is 11.8 Å². The molecule has 5 heteroatoms. The van der Waals surface area contributed by atoms with E-state index < -0.39 is 0 Å². The lowest BCUT2D eigenvalue weighted by Crippen LogP contribution is -2.44. The zero-order valence-electron chi connectivity index (χ0n) is 10.2. The van der Waals surface area contributed by atoms with Crippen molar-refractivity contribution >= 4 is 35.0 Å². The van der Waals surface area contributed by atoms with Gasteiger partial charge in [-0.1, -0.05) is 35.3 Å². The van der Waals surface area contributed by atoms with E-state index in [4.69, 9.17) is 23.2 Å². The number of hydrogen-bond acceptors (Lipinski definition) is 2. The van der Waals surface area contributed by atoms with Crippen LogP contribution < -0.4 is 5.32 Å². The van der Waals surface area contributed by atoms with Gasteiger partial charge in [-0.3, -0.25) is 14.9 Å². The van der Waals surface area contributed by atoms with Gasteiger partial charge in [-0.15, -0.1) is 6.58 Å². The lowest BCUT2D eigenvalue weighted by molar-refractivity contribution is -0.137. The zero-order valence-corrected chi connectivity index (χ0v) is 11.7. The largest absolute Gasteiger partial charge is 0.296 e. The molecule has 100 valence electrons. The molecule has 1 aromatic carbocycles. The molecule has 2 amide bonds. The lowest BCUT2D eigenvalue weighted by atomic mass is 9.78. The number of halogens is 2. The van der Waals surface area contributed by atoms with E-state index in [9.17, 15) is 9.59 Å². The topological polar surface area (TPSA) is 46.2 Å². The van der Waals surface area contributed by atoms with E-state index in [1.165, 1.54) is 0 Å². The van der Waals surface area contributed by atoms with Gasteiger partial charge in [-0.05, 0) is 24.1 Å². The van der Waals surface area contributed by atoms with Gasteiger partial charge in [-0.2, -0.15) is 0 Å². The molecule has 1 aliphatic heterocycles. The van der Waals surface area contributed by atoms with E-state index in [0.29, 0.717) is 16.5 Å². The summed E-state index contributed by atoms with van der Waals surface area (Å²) in [4.78, 5) is 23.4. The molecular weight excluding hydrogens is 285 g/mol. The van der Waals surface area contributed by atoms with E-state index in [2.05, 4.69) is 11.9 Å². The Morgan fingerprint density at radius 1 is 1.32 bits per heavy atom. The maximum atomic E-state index is 11.9. The molecule has 1 unspecified atom stereocenters. The minimum atomic E-state index is -0.299. The number of benzene rings is 1. The first-order valence-electron chi connectivity index (χ1n) is 5.92. The van der Waals surface area contributed by atoms with Gasteiger partial charge in [0.25, 0.3) is 0 Å². The van der Waals surface area contributed by atoms with Gasteiger partial charge in [-0.25, -0.2) is 0 Å². The Morgan fingerprint density at radius 2 is 2.05 bits per heavy atom. The number of carbonyl (C=O) groups is 2. The normalized spacial score (nSPS) is 23.1. The predicted molar refractivity (Wildman–Crippen MR) is 75.3 cm³/mol. The van der Waals surface area contributed by atoms with Crippen molar-refractivity contribution in [2.75, 3.05) is 0 Å². The average Bonchev–Trinajstić information content (AvgIpc) is 2.36. The van der Waals surface area contributed by atoms with Crippen LogP contribution in [0.15, 0.2) is 30.9 Å². The van der Waals surface area contributed by atoms with Crippen molar-refractivity contribution in [3.05, 3.63) is 46.5 Å². The van der Waals surface area contributed by atoms with Gasteiger partial charge < -0.3 is 0 Å². The molecule has 1 heterocycles. The number of amides is 2. The highest BCUT2D eigenvalue weighted by Gasteiger charge is 2.35. The highest BCUT2D eigenvalue weighted by atomic mass is 35.5. The molecule has 0 spiro atoms. The number of carbonyl (C=O) groups excluding carboxylic acids is 2. The van der Waals surface area contributed by atoms with Crippen LogP contribution in [0.4, 0.5) is 0 Å². The van der Waals surface area contributed by atoms with E-state index in [-0.39, 0.29) is 30.1 Å². The Hall–Kier alpha value is -1.32. The number of allylic oxidation sites excluding steroid dienone is 1. The highest BCUT2D eigenvalue weighted by molar-refractivity contribution is 6.42. The molecule has 3 nitrogen and oxygen atoms in total. The van der Waals surface area contributed by atoms with E-state index in [1.54, 1.807) is 24.3 Å². The Bertz CT molecular complexity index is 542. The second-order valence-electron chi connectivity index (χ2n) is 4.53. The third-order valence-electron chi connectivity index (χ3n) is 3.28. The molecule has 0 aliphatic carbocycles. The Balaban J connectivity index is 2.37. The van der Waals surface area contributed by atoms with E-state index >= 15 is 0 Å². The molecule has 0 radical (unpaired) electrons. The van der Waals surface area contributed by atoms with Gasteiger partial charge in [0.15, 0.2) is 0 Å². The molecule has 0 aromatic heterocycles. The van der Waals surface area contributed by atoms with E-state index in [1.807, 2.05) is 0 Å². The molecule has 1 aliphatic rings. The van der Waals surface area contributed by atoms with Crippen LogP contribution >= 0.6 is 23.2 Å². The third-order valence-corrected chi connectivity index (χ3v) is 4.02. The first-order valence-corrected chi connectivity index (χ1v) is 6.68. The van der Waals surface area contributed by atoms with Gasteiger partial charge >= 0.3 is 0 Å². The Kier molecular flexibility index (Phi) is 4.27. The standard InChI is InChI=1S/C14H13Cl2NO2/c1-2-3-9-10(7-13(18)17-14(9)19)8-4-5-11(15)12(16)6-8/h2,4-6,9-10H,1,3,7H2,(H,17,18,19)/t9?,10-/m1/s1. The monoisotopic (exact) mass is 297 g/mol. The smallest absolute Gasteiger partial charge is 0.230 e. The summed E-state index contributed by atoms with van der Waals surface area (Å²) < 4.78 is 0. The quantitative estimate of drug-likeness (QED) is 0.687. The molecule has 1 N–H and O–H groups in total. The molecule has 0 bridgehead atoms. The molecule has 19 heavy (non-hydrogen) atoms. The number of imide groups is 1. The number of hydrogen-bond donors (Lipinski definition) is 1. The molecule has 2 rings (SSSR count). The number of rotatable bonds is 3. The zero-order chi connectivity index (χ0) is 14.0. The summed E-state index contributed by atoms with van der Waals surface area (Å²) >= 11 is 11.9. The second-order valence-corrected chi connectivity index (χ2v) is 5.34. The van der Waals surface area contributed by atoms with E-state index in [0.717, 1.165) is 5.56 Å². The summed E-state index contributed by atoms with van der Waals surface area (Å²) in [6, 6.07) is 5.21. The van der Waals surface area contributed by atoms with Crippen molar-refractivity contribution in [1.29, 1.82) is 0 Å². The van der Waals surface area contributed by atoms with Gasteiger partial charge in [0, 0.05) is 18.3 Å². The van der Waals surface area contributed by atoms with Crippen LogP contribution in [-0.4, -0.2) is 11.8 Å². The summed E-state index contributed by atoms with van der Waals surface area (Å²) in [7, 11) is 0. The molecule has 1 fully saturated rings. The van der Waals surface area contributed by atoms with Crippen molar-refractivity contribution in [3.8, 4) is 0 Å². The SMILES string of the molecule is C=CCC1C(=O)NC(=O)C[C@@H]1c1ccc(Cl)c(Cl)c1. The van der Waals surface area contributed by atoms with Crippen LogP contribution in [0, 0.1) is 5.92 Å². The fourth-order valence-corrected chi connectivity index (χ4v) is 2.66. The molecule has 1 saturated heterocycles. The predicted octanol–water partition coefficient (Wildman–Crippen LogP) is 3.32. The van der Waals surface area contributed by atoms with Crippen LogP contribution in [0.3, 0.4) is 0 Å². The van der Waals surface area contributed by atoms with Crippen LogP contribution in [-0.2, 0) is 9.59 Å². The van der Waals surface area contributed by atoms with Crippen LogP contribution in [0.1, 0.15) is 24.3 Å². The van der Waals surface area contributed by atoms with Crippen molar-refractivity contribution in [2.24, 2.45) is 5.92 Å². The summed E-state index contributed by atoms with van der Waals surface area (Å²) in [6.07, 6.45) is 2.47. The fourth-order valence-electron chi connectivity index (χ4n) is 2.35. The van der Waals surface area contributed by atoms with Crippen molar-refractivity contribution < 1.29 is 9.59 Å². The minimum Gasteiger partial charge on any atom is -0.296 e. The molecule has 2 atom stereocenters. The Morgan fingerprint density at radius 3 is 2.68 bits per heavy atom. The minimum absolute atomic E-state index is 0.186. The lowest BCUT2D eigenvalue weighted by Gasteiger charge is -2.29.